The number of carbonyl (C=O) groups excluding carboxylic acids is 2. The quantitative estimate of drug-likeness (QED) is 0.701. The van der Waals surface area contributed by atoms with E-state index in [-0.39, 0.29) is 12.3 Å². The minimum Gasteiger partial charge on any atom is -0.451 e. The van der Waals surface area contributed by atoms with Crippen molar-refractivity contribution in [2.45, 2.75) is 12.6 Å². The second kappa shape index (κ2) is 7.79. The number of benzene rings is 1. The number of carbonyl (C=O) groups is 2. The van der Waals surface area contributed by atoms with Crippen molar-refractivity contribution >= 4 is 21.7 Å². The van der Waals surface area contributed by atoms with Gasteiger partial charge in [0.2, 0.25) is 0 Å². The Morgan fingerprint density at radius 2 is 1.93 bits per heavy atom. The van der Waals surface area contributed by atoms with Crippen LogP contribution >= 0.6 is 0 Å². The SMILES string of the molecule is Cn1cccc1C(=O)OCC(=O)N(Cc1ccccc1)[C@H]1C=CS(=O)(=O)C1. The number of sulfone groups is 1. The lowest BCUT2D eigenvalue weighted by molar-refractivity contribution is -0.136. The summed E-state index contributed by atoms with van der Waals surface area (Å²) in [5.41, 5.74) is 1.19. The molecule has 1 aromatic heterocycles. The smallest absolute Gasteiger partial charge is 0.355 e. The summed E-state index contributed by atoms with van der Waals surface area (Å²) in [5, 5.41) is 1.12. The van der Waals surface area contributed by atoms with Crippen molar-refractivity contribution in [3.05, 3.63) is 71.4 Å². The molecule has 0 spiro atoms. The topological polar surface area (TPSA) is 85.7 Å². The van der Waals surface area contributed by atoms with Gasteiger partial charge in [0.25, 0.3) is 5.91 Å². The van der Waals surface area contributed by atoms with Crippen LogP contribution < -0.4 is 0 Å². The van der Waals surface area contributed by atoms with Gasteiger partial charge in [-0.1, -0.05) is 30.3 Å². The highest BCUT2D eigenvalue weighted by molar-refractivity contribution is 7.94. The van der Waals surface area contributed by atoms with Crippen LogP contribution in [-0.2, 0) is 33.0 Å². The van der Waals surface area contributed by atoms with Crippen LogP contribution in [0.4, 0.5) is 0 Å². The van der Waals surface area contributed by atoms with Crippen LogP contribution in [0.15, 0.2) is 60.1 Å². The van der Waals surface area contributed by atoms with Gasteiger partial charge in [0.1, 0.15) is 5.69 Å². The van der Waals surface area contributed by atoms with Gasteiger partial charge in [-0.05, 0) is 23.8 Å². The van der Waals surface area contributed by atoms with E-state index in [0.29, 0.717) is 5.69 Å². The highest BCUT2D eigenvalue weighted by atomic mass is 32.2. The molecule has 1 amide bonds. The van der Waals surface area contributed by atoms with Gasteiger partial charge >= 0.3 is 5.97 Å². The highest BCUT2D eigenvalue weighted by Crippen LogP contribution is 2.18. The van der Waals surface area contributed by atoms with Gasteiger partial charge in [-0.15, -0.1) is 0 Å². The summed E-state index contributed by atoms with van der Waals surface area (Å²) in [5.74, 6) is -1.23. The molecule has 0 saturated heterocycles. The van der Waals surface area contributed by atoms with Gasteiger partial charge in [0.05, 0.1) is 11.8 Å². The number of aryl methyl sites for hydroxylation is 1. The molecule has 0 fully saturated rings. The Bertz CT molecular complexity index is 963. The van der Waals surface area contributed by atoms with Crippen LogP contribution in [0.2, 0.25) is 0 Å². The van der Waals surface area contributed by atoms with E-state index in [9.17, 15) is 18.0 Å². The van der Waals surface area contributed by atoms with Crippen molar-refractivity contribution in [2.75, 3.05) is 12.4 Å². The molecular formula is C19H20N2O5S. The lowest BCUT2D eigenvalue weighted by Crippen LogP contribution is -2.42. The molecule has 142 valence electrons. The van der Waals surface area contributed by atoms with Gasteiger partial charge in [-0.3, -0.25) is 4.79 Å². The van der Waals surface area contributed by atoms with Crippen LogP contribution in [0.25, 0.3) is 0 Å². The largest absolute Gasteiger partial charge is 0.451 e. The summed E-state index contributed by atoms with van der Waals surface area (Å²) < 4.78 is 30.3. The Balaban J connectivity index is 1.71. The van der Waals surface area contributed by atoms with Crippen molar-refractivity contribution in [2.24, 2.45) is 7.05 Å². The summed E-state index contributed by atoms with van der Waals surface area (Å²) in [6.45, 7) is -0.229. The maximum Gasteiger partial charge on any atom is 0.355 e. The summed E-state index contributed by atoms with van der Waals surface area (Å²) in [4.78, 5) is 26.3. The van der Waals surface area contributed by atoms with E-state index in [1.165, 1.54) is 11.0 Å². The first kappa shape index (κ1) is 18.9. The number of nitrogens with zero attached hydrogens (tertiary/aromatic N) is 2. The number of hydrogen-bond acceptors (Lipinski definition) is 5. The van der Waals surface area contributed by atoms with E-state index in [1.807, 2.05) is 30.3 Å². The monoisotopic (exact) mass is 388 g/mol. The molecule has 27 heavy (non-hydrogen) atoms. The first-order valence-electron chi connectivity index (χ1n) is 8.38. The first-order chi connectivity index (χ1) is 12.9. The second-order valence-corrected chi connectivity index (χ2v) is 8.24. The Labute approximate surface area is 157 Å². The third-order valence-electron chi connectivity index (χ3n) is 4.31. The number of hydrogen-bond donors (Lipinski definition) is 0. The summed E-state index contributed by atoms with van der Waals surface area (Å²) in [6.07, 6.45) is 3.20. The molecule has 0 saturated carbocycles. The predicted molar refractivity (Wildman–Crippen MR) is 99.4 cm³/mol. The van der Waals surface area contributed by atoms with Crippen LogP contribution in [-0.4, -0.2) is 48.2 Å². The fourth-order valence-electron chi connectivity index (χ4n) is 2.88. The van der Waals surface area contributed by atoms with Crippen molar-refractivity contribution < 1.29 is 22.7 Å². The minimum atomic E-state index is -3.32. The van der Waals surface area contributed by atoms with E-state index in [1.54, 1.807) is 29.9 Å². The zero-order chi connectivity index (χ0) is 19.4. The Morgan fingerprint density at radius 3 is 2.52 bits per heavy atom. The molecule has 0 aliphatic carbocycles. The second-order valence-electron chi connectivity index (χ2n) is 6.31. The number of esters is 1. The van der Waals surface area contributed by atoms with Crippen molar-refractivity contribution in [3.63, 3.8) is 0 Å². The van der Waals surface area contributed by atoms with Crippen molar-refractivity contribution in [1.29, 1.82) is 0 Å². The Morgan fingerprint density at radius 1 is 1.19 bits per heavy atom. The van der Waals surface area contributed by atoms with E-state index in [2.05, 4.69) is 0 Å². The van der Waals surface area contributed by atoms with Crippen LogP contribution in [0, 0.1) is 0 Å². The maximum absolute atomic E-state index is 12.7. The van der Waals surface area contributed by atoms with E-state index >= 15 is 0 Å². The average Bonchev–Trinajstić information content (AvgIpc) is 3.23. The van der Waals surface area contributed by atoms with Crippen LogP contribution in [0.3, 0.4) is 0 Å². The minimum absolute atomic E-state index is 0.169. The van der Waals surface area contributed by atoms with Gasteiger partial charge < -0.3 is 14.2 Å². The van der Waals surface area contributed by atoms with Gasteiger partial charge in [0, 0.05) is 25.2 Å². The number of amides is 1. The summed E-state index contributed by atoms with van der Waals surface area (Å²) in [7, 11) is -1.62. The lowest BCUT2D eigenvalue weighted by Gasteiger charge is -2.27. The van der Waals surface area contributed by atoms with E-state index in [0.717, 1.165) is 11.0 Å². The normalized spacial score (nSPS) is 17.6. The molecule has 1 aliphatic rings. The van der Waals surface area contributed by atoms with Gasteiger partial charge in [-0.25, -0.2) is 13.2 Å². The first-order valence-corrected chi connectivity index (χ1v) is 10.1. The zero-order valence-electron chi connectivity index (χ0n) is 14.8. The zero-order valence-corrected chi connectivity index (χ0v) is 15.6. The molecule has 0 unspecified atom stereocenters. The Kier molecular flexibility index (Phi) is 5.46. The third-order valence-corrected chi connectivity index (χ3v) is 5.69. The van der Waals surface area contributed by atoms with Crippen LogP contribution in [0.5, 0.6) is 0 Å². The van der Waals surface area contributed by atoms with Crippen LogP contribution in [0.1, 0.15) is 16.1 Å². The summed E-state index contributed by atoms with van der Waals surface area (Å²) in [6, 6.07) is 12.0. The molecule has 8 heteroatoms. The summed E-state index contributed by atoms with van der Waals surface area (Å²) >= 11 is 0. The molecule has 3 rings (SSSR count). The molecule has 2 aromatic rings. The maximum atomic E-state index is 12.7. The lowest BCUT2D eigenvalue weighted by atomic mass is 10.2. The molecule has 2 heterocycles. The van der Waals surface area contributed by atoms with E-state index in [4.69, 9.17) is 4.74 Å². The van der Waals surface area contributed by atoms with Crippen molar-refractivity contribution in [1.82, 2.24) is 9.47 Å². The number of ether oxygens (including phenoxy) is 1. The fourth-order valence-corrected chi connectivity index (χ4v) is 4.18. The predicted octanol–water partition coefficient (Wildman–Crippen LogP) is 1.52. The third kappa shape index (κ3) is 4.65. The molecule has 0 N–H and O–H groups in total. The van der Waals surface area contributed by atoms with E-state index < -0.39 is 34.4 Å². The number of rotatable bonds is 6. The standard InChI is InChI=1S/C19H20N2O5S/c1-20-10-5-8-17(20)19(23)26-13-18(22)21(12-15-6-3-2-4-7-15)16-9-11-27(24,25)14-16/h2-11,16H,12-14H2,1H3/t16-/m0/s1. The Hall–Kier alpha value is -2.87. The van der Waals surface area contributed by atoms with Gasteiger partial charge in [-0.2, -0.15) is 0 Å². The average molecular weight is 388 g/mol. The molecule has 0 bridgehead atoms. The molecular weight excluding hydrogens is 368 g/mol. The fraction of sp³-hybridized carbons (Fsp3) is 0.263. The molecule has 1 aliphatic heterocycles. The molecule has 7 nitrogen and oxygen atoms in total. The highest BCUT2D eigenvalue weighted by Gasteiger charge is 2.31. The number of aromatic nitrogens is 1. The van der Waals surface area contributed by atoms with Gasteiger partial charge in [0.15, 0.2) is 16.4 Å². The van der Waals surface area contributed by atoms with Crippen molar-refractivity contribution in [3.8, 4) is 0 Å². The molecule has 0 radical (unpaired) electrons. The molecule has 1 aromatic carbocycles. The molecule has 1 atom stereocenters.